The molecule has 4 rings (SSSR count). The number of nitrogens with zero attached hydrogens (tertiary/aromatic N) is 2. The van der Waals surface area contributed by atoms with E-state index in [2.05, 4.69) is 4.98 Å². The van der Waals surface area contributed by atoms with Gasteiger partial charge < -0.3 is 4.90 Å². The van der Waals surface area contributed by atoms with Crippen LogP contribution in [0.1, 0.15) is 33.2 Å². The Morgan fingerprint density at radius 3 is 2.46 bits per heavy atom. The third-order valence-electron chi connectivity index (χ3n) is 4.30. The fraction of sp³-hybridized carbons (Fsp3) is 0.100. The Morgan fingerprint density at radius 1 is 0.958 bits per heavy atom. The standard InChI is InChI=1S/C20H15ClN2O/c21-15-10-8-14(9-11-15)19-17-6-1-2-7-18(17)20(24)23(19)13-16-5-3-4-12-22-16/h1-12,19H,13H2. The van der Waals surface area contributed by atoms with Gasteiger partial charge in [-0.2, -0.15) is 0 Å². The summed E-state index contributed by atoms with van der Waals surface area (Å²) in [6.07, 6.45) is 1.75. The van der Waals surface area contributed by atoms with Crippen LogP contribution in [0.25, 0.3) is 0 Å². The van der Waals surface area contributed by atoms with E-state index >= 15 is 0 Å². The molecule has 1 aromatic heterocycles. The highest BCUT2D eigenvalue weighted by Gasteiger charge is 2.37. The summed E-state index contributed by atoms with van der Waals surface area (Å²) in [6.45, 7) is 0.474. The van der Waals surface area contributed by atoms with Gasteiger partial charge in [-0.05, 0) is 41.5 Å². The smallest absolute Gasteiger partial charge is 0.255 e. The Hall–Kier alpha value is -2.65. The molecule has 2 heterocycles. The lowest BCUT2D eigenvalue weighted by Gasteiger charge is -2.25. The summed E-state index contributed by atoms with van der Waals surface area (Å²) >= 11 is 6.02. The summed E-state index contributed by atoms with van der Waals surface area (Å²) in [6, 6.07) is 21.1. The first-order valence-corrected chi connectivity index (χ1v) is 8.17. The molecule has 3 aromatic rings. The topological polar surface area (TPSA) is 33.2 Å². The van der Waals surface area contributed by atoms with Crippen molar-refractivity contribution in [3.05, 3.63) is 100 Å². The van der Waals surface area contributed by atoms with Crippen molar-refractivity contribution in [2.24, 2.45) is 0 Å². The molecular formula is C20H15ClN2O. The van der Waals surface area contributed by atoms with Crippen molar-refractivity contribution in [1.29, 1.82) is 0 Å². The van der Waals surface area contributed by atoms with Gasteiger partial charge in [-0.15, -0.1) is 0 Å². The summed E-state index contributed by atoms with van der Waals surface area (Å²) in [5.74, 6) is 0.0382. The maximum absolute atomic E-state index is 12.9. The van der Waals surface area contributed by atoms with Gasteiger partial charge in [0.15, 0.2) is 0 Å². The Balaban J connectivity index is 1.79. The van der Waals surface area contributed by atoms with Crippen LogP contribution < -0.4 is 0 Å². The van der Waals surface area contributed by atoms with Crippen LogP contribution in [-0.4, -0.2) is 15.8 Å². The SMILES string of the molecule is O=C1c2ccccc2C(c2ccc(Cl)cc2)N1Cc1ccccn1. The normalized spacial score (nSPS) is 16.3. The van der Waals surface area contributed by atoms with E-state index in [1.807, 2.05) is 71.6 Å². The number of amides is 1. The van der Waals surface area contributed by atoms with Crippen LogP contribution in [-0.2, 0) is 6.54 Å². The molecule has 24 heavy (non-hydrogen) atoms. The van der Waals surface area contributed by atoms with Crippen LogP contribution in [0.2, 0.25) is 5.02 Å². The predicted molar refractivity (Wildman–Crippen MR) is 93.8 cm³/mol. The minimum atomic E-state index is -0.118. The predicted octanol–water partition coefficient (Wildman–Crippen LogP) is 4.48. The second kappa shape index (κ2) is 6.10. The highest BCUT2D eigenvalue weighted by Crippen LogP contribution is 2.39. The van der Waals surface area contributed by atoms with Crippen molar-refractivity contribution in [3.63, 3.8) is 0 Å². The van der Waals surface area contributed by atoms with Crippen LogP contribution in [0.15, 0.2) is 72.9 Å². The first-order chi connectivity index (χ1) is 11.7. The van der Waals surface area contributed by atoms with E-state index in [0.717, 1.165) is 22.4 Å². The monoisotopic (exact) mass is 334 g/mol. The molecule has 4 heteroatoms. The summed E-state index contributed by atoms with van der Waals surface area (Å²) in [4.78, 5) is 19.2. The van der Waals surface area contributed by atoms with Crippen LogP contribution in [0.4, 0.5) is 0 Å². The summed E-state index contributed by atoms with van der Waals surface area (Å²) in [7, 11) is 0. The first-order valence-electron chi connectivity index (χ1n) is 7.79. The molecule has 0 saturated carbocycles. The highest BCUT2D eigenvalue weighted by atomic mass is 35.5. The van der Waals surface area contributed by atoms with Gasteiger partial charge in [0.2, 0.25) is 0 Å². The van der Waals surface area contributed by atoms with Crippen molar-refractivity contribution in [1.82, 2.24) is 9.88 Å². The second-order valence-corrected chi connectivity index (χ2v) is 6.23. The molecule has 1 aliphatic rings. The average Bonchev–Trinajstić information content (AvgIpc) is 2.89. The van der Waals surface area contributed by atoms with Crippen molar-refractivity contribution in [2.45, 2.75) is 12.6 Å². The number of fused-ring (bicyclic) bond motifs is 1. The summed E-state index contributed by atoms with van der Waals surface area (Å²) < 4.78 is 0. The maximum Gasteiger partial charge on any atom is 0.255 e. The first kappa shape index (κ1) is 14.9. The van der Waals surface area contributed by atoms with Gasteiger partial charge in [-0.3, -0.25) is 9.78 Å². The number of benzene rings is 2. The van der Waals surface area contributed by atoms with Gasteiger partial charge in [0, 0.05) is 16.8 Å². The van der Waals surface area contributed by atoms with Gasteiger partial charge in [-0.1, -0.05) is 48.0 Å². The number of hydrogen-bond acceptors (Lipinski definition) is 2. The summed E-state index contributed by atoms with van der Waals surface area (Å²) in [5.41, 5.74) is 3.71. The Morgan fingerprint density at radius 2 is 1.71 bits per heavy atom. The molecule has 0 fully saturated rings. The second-order valence-electron chi connectivity index (χ2n) is 5.80. The lowest BCUT2D eigenvalue weighted by atomic mass is 9.98. The van der Waals surface area contributed by atoms with Crippen LogP contribution in [0.5, 0.6) is 0 Å². The van der Waals surface area contributed by atoms with E-state index in [4.69, 9.17) is 11.6 Å². The van der Waals surface area contributed by atoms with Crippen molar-refractivity contribution in [3.8, 4) is 0 Å². The Bertz CT molecular complexity index is 878. The zero-order valence-electron chi connectivity index (χ0n) is 12.9. The van der Waals surface area contributed by atoms with Crippen molar-refractivity contribution < 1.29 is 4.79 Å². The van der Waals surface area contributed by atoms with E-state index < -0.39 is 0 Å². The molecule has 0 aliphatic carbocycles. The molecule has 1 atom stereocenters. The zero-order valence-corrected chi connectivity index (χ0v) is 13.6. The molecule has 0 saturated heterocycles. The molecular weight excluding hydrogens is 320 g/mol. The molecule has 1 unspecified atom stereocenters. The summed E-state index contributed by atoms with van der Waals surface area (Å²) in [5, 5.41) is 0.688. The van der Waals surface area contributed by atoms with E-state index in [9.17, 15) is 4.79 Å². The quantitative estimate of drug-likeness (QED) is 0.707. The molecule has 0 N–H and O–H groups in total. The third kappa shape index (κ3) is 2.57. The number of carbonyl (C=O) groups is 1. The molecule has 2 aromatic carbocycles. The molecule has 0 radical (unpaired) electrons. The molecule has 118 valence electrons. The van der Waals surface area contributed by atoms with Gasteiger partial charge in [-0.25, -0.2) is 0 Å². The van der Waals surface area contributed by atoms with Crippen LogP contribution in [0.3, 0.4) is 0 Å². The Kier molecular flexibility index (Phi) is 3.79. The van der Waals surface area contributed by atoms with E-state index in [1.54, 1.807) is 6.20 Å². The Labute approximate surface area is 145 Å². The zero-order chi connectivity index (χ0) is 16.5. The van der Waals surface area contributed by atoms with Gasteiger partial charge in [0.1, 0.15) is 0 Å². The lowest BCUT2D eigenvalue weighted by molar-refractivity contribution is 0.0733. The molecule has 0 bridgehead atoms. The average molecular weight is 335 g/mol. The van der Waals surface area contributed by atoms with Crippen molar-refractivity contribution >= 4 is 17.5 Å². The van der Waals surface area contributed by atoms with E-state index in [1.165, 1.54) is 0 Å². The van der Waals surface area contributed by atoms with Crippen LogP contribution in [0, 0.1) is 0 Å². The fourth-order valence-corrected chi connectivity index (χ4v) is 3.33. The minimum absolute atomic E-state index is 0.0382. The van der Waals surface area contributed by atoms with Gasteiger partial charge >= 0.3 is 0 Å². The van der Waals surface area contributed by atoms with Crippen molar-refractivity contribution in [2.75, 3.05) is 0 Å². The number of rotatable bonds is 3. The number of aromatic nitrogens is 1. The lowest BCUT2D eigenvalue weighted by Crippen LogP contribution is -2.28. The van der Waals surface area contributed by atoms with E-state index in [0.29, 0.717) is 11.6 Å². The molecule has 1 amide bonds. The largest absolute Gasteiger partial charge is 0.322 e. The number of carbonyl (C=O) groups excluding carboxylic acids is 1. The fourth-order valence-electron chi connectivity index (χ4n) is 3.20. The van der Waals surface area contributed by atoms with Gasteiger partial charge in [0.05, 0.1) is 18.3 Å². The molecule has 0 spiro atoms. The number of halogens is 1. The number of pyridine rings is 1. The molecule has 1 aliphatic heterocycles. The van der Waals surface area contributed by atoms with E-state index in [-0.39, 0.29) is 11.9 Å². The molecule has 3 nitrogen and oxygen atoms in total. The number of hydrogen-bond donors (Lipinski definition) is 0. The van der Waals surface area contributed by atoms with Crippen LogP contribution >= 0.6 is 11.6 Å². The highest BCUT2D eigenvalue weighted by molar-refractivity contribution is 6.30. The maximum atomic E-state index is 12.9. The third-order valence-corrected chi connectivity index (χ3v) is 4.55. The minimum Gasteiger partial charge on any atom is -0.322 e. The van der Waals surface area contributed by atoms with Gasteiger partial charge in [0.25, 0.3) is 5.91 Å².